The molecule has 3 aromatic rings. The molecule has 0 radical (unpaired) electrons. The Morgan fingerprint density at radius 1 is 1.04 bits per heavy atom. The number of piperidine rings is 1. The molecule has 2 aromatic heterocycles. The molecule has 1 aromatic carbocycles. The molecule has 0 unspecified atom stereocenters. The Hall–Kier alpha value is -2.58. The lowest BCUT2D eigenvalue weighted by molar-refractivity contribution is 0.130. The maximum atomic E-state index is 12.6. The Kier molecular flexibility index (Phi) is 4.52. The minimum absolute atomic E-state index is 0.0875. The first-order chi connectivity index (χ1) is 12.6. The van der Waals surface area contributed by atoms with Gasteiger partial charge in [-0.1, -0.05) is 18.2 Å². The van der Waals surface area contributed by atoms with E-state index in [1.165, 1.54) is 10.5 Å². The highest BCUT2D eigenvalue weighted by Crippen LogP contribution is 2.26. The average Bonchev–Trinajstić information content (AvgIpc) is 2.69. The molecule has 0 aliphatic carbocycles. The summed E-state index contributed by atoms with van der Waals surface area (Å²) < 4.78 is 32.8. The molecule has 0 saturated carbocycles. The largest absolute Gasteiger partial charge is 0.473 e. The molecule has 0 atom stereocenters. The molecule has 7 nitrogen and oxygen atoms in total. The maximum absolute atomic E-state index is 12.6. The second-order valence-corrected chi connectivity index (χ2v) is 8.08. The van der Waals surface area contributed by atoms with Gasteiger partial charge >= 0.3 is 0 Å². The fourth-order valence-corrected chi connectivity index (χ4v) is 4.52. The minimum Gasteiger partial charge on any atom is -0.473 e. The molecule has 0 N–H and O–H groups in total. The Morgan fingerprint density at radius 2 is 1.85 bits per heavy atom. The zero-order valence-corrected chi connectivity index (χ0v) is 14.8. The SMILES string of the molecule is O=S(=O)(c1cccnc1)N1CCC(Oc2nncc3ccccc23)CC1. The lowest BCUT2D eigenvalue weighted by Gasteiger charge is -2.31. The van der Waals surface area contributed by atoms with Crippen LogP contribution in [0.2, 0.25) is 0 Å². The predicted octanol–water partition coefficient (Wildman–Crippen LogP) is 2.26. The molecule has 134 valence electrons. The van der Waals surface area contributed by atoms with Gasteiger partial charge in [0.1, 0.15) is 11.0 Å². The Labute approximate surface area is 151 Å². The van der Waals surface area contributed by atoms with Gasteiger partial charge < -0.3 is 4.74 Å². The summed E-state index contributed by atoms with van der Waals surface area (Å²) in [4.78, 5) is 4.12. The molecular weight excluding hydrogens is 352 g/mol. The smallest absolute Gasteiger partial charge is 0.244 e. The predicted molar refractivity (Wildman–Crippen MR) is 96.2 cm³/mol. The van der Waals surface area contributed by atoms with Crippen LogP contribution in [0.1, 0.15) is 12.8 Å². The van der Waals surface area contributed by atoms with E-state index in [0.29, 0.717) is 31.8 Å². The van der Waals surface area contributed by atoms with Gasteiger partial charge in [0.05, 0.1) is 6.20 Å². The van der Waals surface area contributed by atoms with E-state index in [9.17, 15) is 8.42 Å². The number of pyridine rings is 1. The van der Waals surface area contributed by atoms with Crippen molar-refractivity contribution in [2.45, 2.75) is 23.8 Å². The molecule has 4 rings (SSSR count). The van der Waals surface area contributed by atoms with Gasteiger partial charge in [0.15, 0.2) is 0 Å². The van der Waals surface area contributed by atoms with Crippen molar-refractivity contribution in [2.24, 2.45) is 0 Å². The van der Waals surface area contributed by atoms with E-state index in [1.54, 1.807) is 24.5 Å². The Morgan fingerprint density at radius 3 is 2.62 bits per heavy atom. The van der Waals surface area contributed by atoms with Crippen LogP contribution in [-0.4, -0.2) is 47.1 Å². The first-order valence-electron chi connectivity index (χ1n) is 8.42. The summed E-state index contributed by atoms with van der Waals surface area (Å²) in [7, 11) is -3.51. The summed E-state index contributed by atoms with van der Waals surface area (Å²) in [5, 5.41) is 9.96. The van der Waals surface area contributed by atoms with Gasteiger partial charge in [0.25, 0.3) is 0 Å². The Balaban J connectivity index is 1.46. The van der Waals surface area contributed by atoms with Crippen molar-refractivity contribution in [3.63, 3.8) is 0 Å². The topological polar surface area (TPSA) is 85.3 Å². The second kappa shape index (κ2) is 6.97. The van der Waals surface area contributed by atoms with Gasteiger partial charge in [-0.15, -0.1) is 5.10 Å². The monoisotopic (exact) mass is 370 g/mol. The molecule has 3 heterocycles. The van der Waals surface area contributed by atoms with Crippen LogP contribution in [0.5, 0.6) is 5.88 Å². The van der Waals surface area contributed by atoms with Crippen molar-refractivity contribution in [1.82, 2.24) is 19.5 Å². The summed E-state index contributed by atoms with van der Waals surface area (Å²) in [6, 6.07) is 11.0. The molecule has 8 heteroatoms. The van der Waals surface area contributed by atoms with Crippen molar-refractivity contribution in [1.29, 1.82) is 0 Å². The van der Waals surface area contributed by atoms with E-state index >= 15 is 0 Å². The summed E-state index contributed by atoms with van der Waals surface area (Å²) in [5.74, 6) is 0.497. The molecular formula is C18H18N4O3S. The normalized spacial score (nSPS) is 16.6. The number of aromatic nitrogens is 3. The zero-order chi connectivity index (χ0) is 18.0. The van der Waals surface area contributed by atoms with Crippen molar-refractivity contribution >= 4 is 20.8 Å². The first-order valence-corrected chi connectivity index (χ1v) is 9.86. The van der Waals surface area contributed by atoms with E-state index in [-0.39, 0.29) is 11.0 Å². The maximum Gasteiger partial charge on any atom is 0.244 e. The average molecular weight is 370 g/mol. The van der Waals surface area contributed by atoms with Gasteiger partial charge in [-0.3, -0.25) is 4.98 Å². The third-order valence-corrected chi connectivity index (χ3v) is 6.37. The van der Waals surface area contributed by atoms with E-state index in [1.807, 2.05) is 24.3 Å². The lowest BCUT2D eigenvalue weighted by atomic mass is 10.1. The number of fused-ring (bicyclic) bond motifs is 1. The molecule has 1 aliphatic rings. The number of hydrogen-bond donors (Lipinski definition) is 0. The van der Waals surface area contributed by atoms with Crippen LogP contribution in [0.3, 0.4) is 0 Å². The third-order valence-electron chi connectivity index (χ3n) is 4.49. The number of hydrogen-bond acceptors (Lipinski definition) is 6. The van der Waals surface area contributed by atoms with E-state index < -0.39 is 10.0 Å². The number of nitrogens with zero attached hydrogens (tertiary/aromatic N) is 4. The number of sulfonamides is 1. The number of ether oxygens (including phenoxy) is 1. The minimum atomic E-state index is -3.51. The van der Waals surface area contributed by atoms with E-state index in [2.05, 4.69) is 15.2 Å². The summed E-state index contributed by atoms with van der Waals surface area (Å²) >= 11 is 0. The van der Waals surface area contributed by atoms with Crippen LogP contribution < -0.4 is 4.74 Å². The van der Waals surface area contributed by atoms with Gasteiger partial charge in [0, 0.05) is 36.3 Å². The van der Waals surface area contributed by atoms with Gasteiger partial charge in [-0.25, -0.2) is 8.42 Å². The van der Waals surface area contributed by atoms with Gasteiger partial charge in [0.2, 0.25) is 15.9 Å². The third kappa shape index (κ3) is 3.25. The molecule has 1 aliphatic heterocycles. The van der Waals surface area contributed by atoms with Crippen molar-refractivity contribution in [2.75, 3.05) is 13.1 Å². The van der Waals surface area contributed by atoms with E-state index in [0.717, 1.165) is 10.8 Å². The van der Waals surface area contributed by atoms with Crippen LogP contribution in [0.4, 0.5) is 0 Å². The zero-order valence-electron chi connectivity index (χ0n) is 14.0. The standard InChI is InChI=1S/C18H18N4O3S/c23-26(24,16-5-3-9-19-13-16)22-10-7-15(8-11-22)25-18-17-6-2-1-4-14(17)12-20-21-18/h1-6,9,12-13,15H,7-8,10-11H2. The quantitative estimate of drug-likeness (QED) is 0.700. The van der Waals surface area contributed by atoms with Crippen LogP contribution in [-0.2, 0) is 10.0 Å². The highest BCUT2D eigenvalue weighted by molar-refractivity contribution is 7.89. The van der Waals surface area contributed by atoms with Crippen molar-refractivity contribution < 1.29 is 13.2 Å². The van der Waals surface area contributed by atoms with Crippen LogP contribution in [0.15, 0.2) is 59.9 Å². The Bertz CT molecular complexity index is 998. The molecule has 0 bridgehead atoms. The lowest BCUT2D eigenvalue weighted by Crippen LogP contribution is -2.41. The molecule has 0 spiro atoms. The van der Waals surface area contributed by atoms with Crippen LogP contribution in [0.25, 0.3) is 10.8 Å². The number of rotatable bonds is 4. The molecule has 1 saturated heterocycles. The molecule has 0 amide bonds. The fourth-order valence-electron chi connectivity index (χ4n) is 3.09. The number of benzene rings is 1. The highest BCUT2D eigenvalue weighted by Gasteiger charge is 2.30. The van der Waals surface area contributed by atoms with Crippen molar-refractivity contribution in [3.8, 4) is 5.88 Å². The van der Waals surface area contributed by atoms with Crippen LogP contribution >= 0.6 is 0 Å². The van der Waals surface area contributed by atoms with Crippen molar-refractivity contribution in [3.05, 3.63) is 55.0 Å². The summed E-state index contributed by atoms with van der Waals surface area (Å²) in [5.41, 5.74) is 0. The highest BCUT2D eigenvalue weighted by atomic mass is 32.2. The fraction of sp³-hybridized carbons (Fsp3) is 0.278. The molecule has 26 heavy (non-hydrogen) atoms. The summed E-state index contributed by atoms with van der Waals surface area (Å²) in [6.07, 6.45) is 5.75. The first kappa shape index (κ1) is 16.9. The molecule has 1 fully saturated rings. The van der Waals surface area contributed by atoms with Crippen LogP contribution in [0, 0.1) is 0 Å². The second-order valence-electron chi connectivity index (χ2n) is 6.15. The van der Waals surface area contributed by atoms with Gasteiger partial charge in [-0.2, -0.15) is 9.40 Å². The summed E-state index contributed by atoms with van der Waals surface area (Å²) in [6.45, 7) is 0.806. The van der Waals surface area contributed by atoms with E-state index in [4.69, 9.17) is 4.74 Å². The van der Waals surface area contributed by atoms with Gasteiger partial charge in [-0.05, 0) is 31.0 Å².